The van der Waals surface area contributed by atoms with Crippen LogP contribution in [0.4, 0.5) is 0 Å². The minimum Gasteiger partial charge on any atom is -0.384 e. The second-order valence-corrected chi connectivity index (χ2v) is 8.68. The number of hydrogen-bond acceptors (Lipinski definition) is 4. The molecular weight excluding hydrogens is 416 g/mol. The van der Waals surface area contributed by atoms with Crippen LogP contribution < -0.4 is 5.32 Å². The Morgan fingerprint density at radius 1 is 1.09 bits per heavy atom. The molecule has 1 heterocycles. The molecule has 1 saturated heterocycles. The number of nitrogens with zero attached hydrogens (tertiary/aromatic N) is 2. The number of likely N-dealkylation sites (tertiary alicyclic amines) is 1. The van der Waals surface area contributed by atoms with Crippen LogP contribution in [0.15, 0.2) is 115 Å². The quantitative estimate of drug-likeness (QED) is 0.436. The number of benzene rings is 2. The van der Waals surface area contributed by atoms with Gasteiger partial charge in [0.25, 0.3) is 0 Å². The maximum Gasteiger partial charge on any atom is 0.0884 e. The molecule has 2 N–H and O–H groups in total. The summed E-state index contributed by atoms with van der Waals surface area (Å²) in [6.45, 7) is 13.1. The summed E-state index contributed by atoms with van der Waals surface area (Å²) in [6, 6.07) is 18.9. The van der Waals surface area contributed by atoms with Crippen molar-refractivity contribution in [3.05, 3.63) is 132 Å². The molecule has 2 aromatic rings. The van der Waals surface area contributed by atoms with Gasteiger partial charge in [-0.2, -0.15) is 0 Å². The number of nitrogens with one attached hydrogen (secondary N) is 2. The third-order valence-corrected chi connectivity index (χ3v) is 5.96. The van der Waals surface area contributed by atoms with Crippen LogP contribution in [-0.4, -0.2) is 29.6 Å². The van der Waals surface area contributed by atoms with E-state index in [4.69, 9.17) is 5.41 Å². The van der Waals surface area contributed by atoms with E-state index in [2.05, 4.69) is 79.8 Å². The maximum atomic E-state index is 9.02. The summed E-state index contributed by atoms with van der Waals surface area (Å²) in [4.78, 5) is 4.16. The smallest absolute Gasteiger partial charge is 0.0884 e. The van der Waals surface area contributed by atoms with E-state index < -0.39 is 0 Å². The monoisotopic (exact) mass is 452 g/mol. The average Bonchev–Trinajstić information content (AvgIpc) is 3.11. The molecule has 0 spiro atoms. The largest absolute Gasteiger partial charge is 0.384 e. The van der Waals surface area contributed by atoms with E-state index in [0.717, 1.165) is 29.0 Å². The Kier molecular flexibility index (Phi) is 8.31. The molecular formula is C30H36N4. The van der Waals surface area contributed by atoms with Crippen LogP contribution in [-0.2, 0) is 13.0 Å². The van der Waals surface area contributed by atoms with E-state index in [1.165, 1.54) is 11.1 Å². The molecule has 0 amide bonds. The fourth-order valence-corrected chi connectivity index (χ4v) is 4.19. The number of rotatable bonds is 9. The van der Waals surface area contributed by atoms with Gasteiger partial charge in [-0.05, 0) is 36.1 Å². The van der Waals surface area contributed by atoms with E-state index in [0.29, 0.717) is 18.0 Å². The summed E-state index contributed by atoms with van der Waals surface area (Å²) in [6.07, 6.45) is 8.78. The fraction of sp³-hybridized carbons (Fsp3) is 0.233. The van der Waals surface area contributed by atoms with Crippen LogP contribution in [0.2, 0.25) is 0 Å². The Hall–Kier alpha value is -3.79. The van der Waals surface area contributed by atoms with Crippen LogP contribution in [0.3, 0.4) is 0 Å². The van der Waals surface area contributed by atoms with Gasteiger partial charge < -0.3 is 15.1 Å². The van der Waals surface area contributed by atoms with Crippen molar-refractivity contribution in [3.63, 3.8) is 0 Å². The zero-order valence-electron chi connectivity index (χ0n) is 20.8. The zero-order chi connectivity index (χ0) is 24.7. The molecule has 0 aromatic heterocycles. The van der Waals surface area contributed by atoms with E-state index in [1.807, 2.05) is 49.3 Å². The van der Waals surface area contributed by atoms with Gasteiger partial charge in [0.05, 0.1) is 23.1 Å². The Morgan fingerprint density at radius 3 is 2.32 bits per heavy atom. The Labute approximate surface area is 204 Å². The highest BCUT2D eigenvalue weighted by Gasteiger charge is 2.39. The van der Waals surface area contributed by atoms with Gasteiger partial charge in [0.2, 0.25) is 0 Å². The fourth-order valence-electron chi connectivity index (χ4n) is 4.19. The SMILES string of the molecule is C=C/C=C\C(=C/N(C)C)N1C(=C)C(=N)/C(=C(/C)NCc2ccc(CC)cc2)C1c1ccccc1. The molecule has 1 unspecified atom stereocenters. The summed E-state index contributed by atoms with van der Waals surface area (Å²) in [5.74, 6) is 0. The maximum absolute atomic E-state index is 9.02. The molecule has 0 bridgehead atoms. The first-order valence-corrected chi connectivity index (χ1v) is 11.7. The lowest BCUT2D eigenvalue weighted by molar-refractivity contribution is 0.398. The van der Waals surface area contributed by atoms with Gasteiger partial charge in [-0.15, -0.1) is 0 Å². The van der Waals surface area contributed by atoms with Gasteiger partial charge in [0.1, 0.15) is 0 Å². The molecule has 1 aliphatic rings. The Bertz CT molecular complexity index is 1120. The van der Waals surface area contributed by atoms with Crippen LogP contribution in [0.25, 0.3) is 0 Å². The predicted octanol–water partition coefficient (Wildman–Crippen LogP) is 6.35. The van der Waals surface area contributed by atoms with Gasteiger partial charge in [0, 0.05) is 38.1 Å². The first-order valence-electron chi connectivity index (χ1n) is 11.7. The van der Waals surface area contributed by atoms with Crippen molar-refractivity contribution in [2.24, 2.45) is 0 Å². The van der Waals surface area contributed by atoms with Crippen LogP contribution >= 0.6 is 0 Å². The van der Waals surface area contributed by atoms with Crippen molar-refractivity contribution in [1.82, 2.24) is 15.1 Å². The van der Waals surface area contributed by atoms with Crippen molar-refractivity contribution < 1.29 is 0 Å². The van der Waals surface area contributed by atoms with E-state index in [1.54, 1.807) is 6.08 Å². The third-order valence-electron chi connectivity index (χ3n) is 5.96. The van der Waals surface area contributed by atoms with Gasteiger partial charge in [-0.3, -0.25) is 5.41 Å². The summed E-state index contributed by atoms with van der Waals surface area (Å²) in [5.41, 5.74) is 7.68. The first kappa shape index (κ1) is 24.8. The summed E-state index contributed by atoms with van der Waals surface area (Å²) >= 11 is 0. The Morgan fingerprint density at radius 2 is 1.74 bits per heavy atom. The molecule has 34 heavy (non-hydrogen) atoms. The topological polar surface area (TPSA) is 42.4 Å². The molecule has 2 aromatic carbocycles. The highest BCUT2D eigenvalue weighted by Crippen LogP contribution is 2.44. The lowest BCUT2D eigenvalue weighted by atomic mass is 9.96. The molecule has 1 atom stereocenters. The van der Waals surface area contributed by atoms with Crippen LogP contribution in [0.5, 0.6) is 0 Å². The minimum atomic E-state index is -0.156. The van der Waals surface area contributed by atoms with Crippen LogP contribution in [0, 0.1) is 5.41 Å². The second-order valence-electron chi connectivity index (χ2n) is 8.68. The van der Waals surface area contributed by atoms with Gasteiger partial charge in [-0.25, -0.2) is 0 Å². The first-order chi connectivity index (χ1) is 16.4. The molecule has 176 valence electrons. The van der Waals surface area contributed by atoms with E-state index in [9.17, 15) is 0 Å². The molecule has 3 rings (SSSR count). The normalized spacial score (nSPS) is 17.9. The van der Waals surface area contributed by atoms with Crippen LogP contribution in [0.1, 0.15) is 36.6 Å². The number of hydrogen-bond donors (Lipinski definition) is 2. The average molecular weight is 453 g/mol. The standard InChI is InChI=1S/C30H36N4/c1-7-9-15-27(21-33(5)6)34-23(4)29(31)28(30(34)26-13-11-10-12-14-26)22(3)32-20-25-18-16-24(8-2)17-19-25/h7,9-19,21,30-32H,1,4,8,20H2,2-3,5-6H3/b15-9-,27-21+,28-22+,31-29?. The molecule has 0 saturated carbocycles. The van der Waals surface area contributed by atoms with Gasteiger partial charge in [-0.1, -0.05) is 86.8 Å². The molecule has 0 radical (unpaired) electrons. The predicted molar refractivity (Wildman–Crippen MR) is 144 cm³/mol. The number of allylic oxidation sites excluding steroid dienone is 5. The molecule has 1 aliphatic heterocycles. The lowest BCUT2D eigenvalue weighted by Gasteiger charge is -2.30. The van der Waals surface area contributed by atoms with Crippen molar-refractivity contribution >= 4 is 5.71 Å². The highest BCUT2D eigenvalue weighted by atomic mass is 15.2. The molecule has 1 fully saturated rings. The minimum absolute atomic E-state index is 0.156. The number of aryl methyl sites for hydroxylation is 1. The molecule has 4 heteroatoms. The van der Waals surface area contributed by atoms with Crippen molar-refractivity contribution in [3.8, 4) is 0 Å². The summed E-state index contributed by atoms with van der Waals surface area (Å²) < 4.78 is 0. The highest BCUT2D eigenvalue weighted by molar-refractivity contribution is 6.13. The molecule has 0 aliphatic carbocycles. The van der Waals surface area contributed by atoms with E-state index >= 15 is 0 Å². The van der Waals surface area contributed by atoms with Crippen molar-refractivity contribution in [2.75, 3.05) is 14.1 Å². The third kappa shape index (κ3) is 5.57. The molecule has 4 nitrogen and oxygen atoms in total. The van der Waals surface area contributed by atoms with Gasteiger partial charge in [0.15, 0.2) is 0 Å². The van der Waals surface area contributed by atoms with Gasteiger partial charge >= 0.3 is 0 Å². The van der Waals surface area contributed by atoms with Crippen molar-refractivity contribution in [1.29, 1.82) is 5.41 Å². The summed E-state index contributed by atoms with van der Waals surface area (Å²) in [5, 5.41) is 12.6. The second kappa shape index (κ2) is 11.4. The van der Waals surface area contributed by atoms with Crippen molar-refractivity contribution in [2.45, 2.75) is 32.9 Å². The lowest BCUT2D eigenvalue weighted by Crippen LogP contribution is -2.24. The zero-order valence-corrected chi connectivity index (χ0v) is 20.8. The Balaban J connectivity index is 2.05. The summed E-state index contributed by atoms with van der Waals surface area (Å²) in [7, 11) is 3.99. The van der Waals surface area contributed by atoms with E-state index in [-0.39, 0.29) is 6.04 Å².